The number of hydrogen-bond acceptors (Lipinski definition) is 3. The van der Waals surface area contributed by atoms with Gasteiger partial charge in [0.05, 0.1) is 11.7 Å². The molecule has 1 heterocycles. The van der Waals surface area contributed by atoms with Crippen LogP contribution in [-0.4, -0.2) is 34.7 Å². The van der Waals surface area contributed by atoms with Crippen molar-refractivity contribution in [1.82, 2.24) is 4.90 Å². The minimum Gasteiger partial charge on any atom is -0.388 e. The Morgan fingerprint density at radius 3 is 2.48 bits per heavy atom. The van der Waals surface area contributed by atoms with Crippen LogP contribution >= 0.6 is 11.6 Å². The Balaban J connectivity index is 1.49. The second-order valence-corrected chi connectivity index (χ2v) is 8.03. The lowest BCUT2D eigenvalue weighted by atomic mass is 9.77. The monoisotopic (exact) mass is 391 g/mol. The fourth-order valence-electron chi connectivity index (χ4n) is 3.93. The van der Waals surface area contributed by atoms with Gasteiger partial charge in [0.2, 0.25) is 0 Å². The number of aliphatic hydroxyl groups is 2. The second-order valence-electron chi connectivity index (χ2n) is 7.59. The van der Waals surface area contributed by atoms with E-state index in [1.165, 1.54) is 12.1 Å². The predicted octanol–water partition coefficient (Wildman–Crippen LogP) is 4.52. The van der Waals surface area contributed by atoms with Gasteiger partial charge in [-0.1, -0.05) is 42.8 Å². The summed E-state index contributed by atoms with van der Waals surface area (Å²) in [4.78, 5) is 2.34. The number of piperidine rings is 1. The third-order valence-corrected chi connectivity index (χ3v) is 5.96. The molecule has 0 saturated carbocycles. The van der Waals surface area contributed by atoms with Crippen molar-refractivity contribution in [3.8, 4) is 0 Å². The van der Waals surface area contributed by atoms with E-state index >= 15 is 0 Å². The van der Waals surface area contributed by atoms with Crippen LogP contribution in [-0.2, 0) is 5.60 Å². The minimum absolute atomic E-state index is 0.106. The van der Waals surface area contributed by atoms with Crippen LogP contribution in [0.2, 0.25) is 5.02 Å². The average Bonchev–Trinajstić information content (AvgIpc) is 2.65. The zero-order valence-electron chi connectivity index (χ0n) is 15.6. The Bertz CT molecular complexity index is 737. The third-order valence-electron chi connectivity index (χ3n) is 5.71. The van der Waals surface area contributed by atoms with Gasteiger partial charge < -0.3 is 15.1 Å². The molecule has 0 bridgehead atoms. The van der Waals surface area contributed by atoms with Crippen LogP contribution in [0.5, 0.6) is 0 Å². The van der Waals surface area contributed by atoms with Gasteiger partial charge in [-0.05, 0) is 61.2 Å². The van der Waals surface area contributed by atoms with Crippen molar-refractivity contribution in [2.24, 2.45) is 5.92 Å². The van der Waals surface area contributed by atoms with Crippen molar-refractivity contribution in [2.45, 2.75) is 37.9 Å². The summed E-state index contributed by atoms with van der Waals surface area (Å²) in [5.41, 5.74) is 0.848. The normalized spacial score (nSPS) is 24.7. The third kappa shape index (κ3) is 4.88. The van der Waals surface area contributed by atoms with Gasteiger partial charge in [-0.25, -0.2) is 4.39 Å². The van der Waals surface area contributed by atoms with Gasteiger partial charge in [0.1, 0.15) is 5.82 Å². The molecule has 3 atom stereocenters. The van der Waals surface area contributed by atoms with E-state index in [0.717, 1.165) is 37.2 Å². The van der Waals surface area contributed by atoms with Crippen molar-refractivity contribution in [3.63, 3.8) is 0 Å². The number of hydrogen-bond donors (Lipinski definition) is 2. The van der Waals surface area contributed by atoms with Gasteiger partial charge in [0, 0.05) is 24.0 Å². The molecular weight excluding hydrogens is 365 g/mol. The fraction of sp³-hybridized carbons (Fsp3) is 0.455. The molecular formula is C22H27ClFNO2. The number of likely N-dealkylation sites (tertiary alicyclic amines) is 1. The molecule has 146 valence electrons. The summed E-state index contributed by atoms with van der Waals surface area (Å²) in [6.07, 6.45) is 1.60. The predicted molar refractivity (Wildman–Crippen MR) is 106 cm³/mol. The first-order valence-corrected chi connectivity index (χ1v) is 9.90. The molecule has 2 aromatic carbocycles. The quantitative estimate of drug-likeness (QED) is 0.760. The fourth-order valence-corrected chi connectivity index (χ4v) is 4.06. The number of benzene rings is 2. The van der Waals surface area contributed by atoms with Crippen LogP contribution in [0.4, 0.5) is 4.39 Å². The van der Waals surface area contributed by atoms with Gasteiger partial charge in [-0.15, -0.1) is 0 Å². The van der Waals surface area contributed by atoms with Crippen LogP contribution in [0.15, 0.2) is 48.5 Å². The first-order valence-electron chi connectivity index (χ1n) is 9.53. The summed E-state index contributed by atoms with van der Waals surface area (Å²) in [6.45, 7) is 4.58. The molecule has 3 unspecified atom stereocenters. The van der Waals surface area contributed by atoms with Gasteiger partial charge >= 0.3 is 0 Å². The standard InChI is InChI=1S/C22H27ClFNO2/c1-16-15-25(13-2-3-21(26)17-4-10-20(24)11-5-17)14-12-22(16,27)18-6-8-19(23)9-7-18/h4-11,16,21,26-27H,2-3,12-15H2,1H3. The Morgan fingerprint density at radius 2 is 1.85 bits per heavy atom. The molecule has 1 aliphatic rings. The van der Waals surface area contributed by atoms with Crippen LogP contribution in [0.25, 0.3) is 0 Å². The van der Waals surface area contributed by atoms with Gasteiger partial charge in [0.15, 0.2) is 0 Å². The zero-order valence-corrected chi connectivity index (χ0v) is 16.4. The van der Waals surface area contributed by atoms with E-state index < -0.39 is 11.7 Å². The van der Waals surface area contributed by atoms with Crippen LogP contribution in [0, 0.1) is 11.7 Å². The van der Waals surface area contributed by atoms with E-state index in [0.29, 0.717) is 17.9 Å². The Morgan fingerprint density at radius 1 is 1.19 bits per heavy atom. The average molecular weight is 392 g/mol. The van der Waals surface area contributed by atoms with Crippen molar-refractivity contribution in [1.29, 1.82) is 0 Å². The van der Waals surface area contributed by atoms with E-state index in [1.807, 2.05) is 24.3 Å². The zero-order chi connectivity index (χ0) is 19.4. The molecule has 0 radical (unpaired) electrons. The molecule has 2 N–H and O–H groups in total. The summed E-state index contributed by atoms with van der Waals surface area (Å²) in [7, 11) is 0. The first kappa shape index (κ1) is 20.3. The molecule has 1 saturated heterocycles. The largest absolute Gasteiger partial charge is 0.388 e. The second kappa shape index (κ2) is 8.70. The summed E-state index contributed by atoms with van der Waals surface area (Å²) in [5, 5.41) is 22.1. The highest BCUT2D eigenvalue weighted by Crippen LogP contribution is 2.37. The molecule has 0 amide bonds. The van der Waals surface area contributed by atoms with Crippen molar-refractivity contribution >= 4 is 11.6 Å². The van der Waals surface area contributed by atoms with E-state index in [2.05, 4.69) is 11.8 Å². The maximum atomic E-state index is 13.0. The molecule has 27 heavy (non-hydrogen) atoms. The van der Waals surface area contributed by atoms with E-state index in [9.17, 15) is 14.6 Å². The van der Waals surface area contributed by atoms with Crippen LogP contribution in [0.3, 0.4) is 0 Å². The number of rotatable bonds is 6. The Kier molecular flexibility index (Phi) is 6.53. The summed E-state index contributed by atoms with van der Waals surface area (Å²) < 4.78 is 13.0. The first-order chi connectivity index (χ1) is 12.9. The minimum atomic E-state index is -0.825. The molecule has 3 rings (SSSR count). The van der Waals surface area contributed by atoms with Crippen LogP contribution < -0.4 is 0 Å². The highest BCUT2D eigenvalue weighted by Gasteiger charge is 2.40. The highest BCUT2D eigenvalue weighted by atomic mass is 35.5. The van der Waals surface area contributed by atoms with Gasteiger partial charge in [-0.2, -0.15) is 0 Å². The molecule has 1 aliphatic heterocycles. The number of nitrogens with zero attached hydrogens (tertiary/aromatic N) is 1. The summed E-state index contributed by atoms with van der Waals surface area (Å²) in [6, 6.07) is 13.5. The number of halogens is 2. The van der Waals surface area contributed by atoms with E-state index in [4.69, 9.17) is 11.6 Å². The molecule has 0 aromatic heterocycles. The van der Waals surface area contributed by atoms with Crippen molar-refractivity contribution in [3.05, 3.63) is 70.5 Å². The Labute approximate surface area is 165 Å². The highest BCUT2D eigenvalue weighted by molar-refractivity contribution is 6.30. The lowest BCUT2D eigenvalue weighted by Crippen LogP contribution is -2.49. The lowest BCUT2D eigenvalue weighted by Gasteiger charge is -2.43. The van der Waals surface area contributed by atoms with Gasteiger partial charge in [0.25, 0.3) is 0 Å². The van der Waals surface area contributed by atoms with Crippen molar-refractivity contribution < 1.29 is 14.6 Å². The van der Waals surface area contributed by atoms with E-state index in [-0.39, 0.29) is 11.7 Å². The maximum absolute atomic E-state index is 13.0. The molecule has 1 fully saturated rings. The molecule has 0 spiro atoms. The molecule has 2 aromatic rings. The SMILES string of the molecule is CC1CN(CCCC(O)c2ccc(F)cc2)CCC1(O)c1ccc(Cl)cc1. The lowest BCUT2D eigenvalue weighted by molar-refractivity contribution is -0.0715. The Hall–Kier alpha value is -1.46. The maximum Gasteiger partial charge on any atom is 0.123 e. The smallest absolute Gasteiger partial charge is 0.123 e. The summed E-state index contributed by atoms with van der Waals surface area (Å²) >= 11 is 5.96. The van der Waals surface area contributed by atoms with E-state index in [1.54, 1.807) is 12.1 Å². The molecule has 3 nitrogen and oxygen atoms in total. The summed E-state index contributed by atoms with van der Waals surface area (Å²) in [5.74, 6) is -0.184. The van der Waals surface area contributed by atoms with Crippen LogP contribution in [0.1, 0.15) is 43.4 Å². The van der Waals surface area contributed by atoms with Gasteiger partial charge in [-0.3, -0.25) is 0 Å². The van der Waals surface area contributed by atoms with Crippen molar-refractivity contribution in [2.75, 3.05) is 19.6 Å². The molecule has 0 aliphatic carbocycles. The topological polar surface area (TPSA) is 43.7 Å². The molecule has 5 heteroatoms. The number of aliphatic hydroxyl groups excluding tert-OH is 1.